The van der Waals surface area contributed by atoms with Gasteiger partial charge in [0, 0.05) is 7.11 Å². The van der Waals surface area contributed by atoms with E-state index in [1.54, 1.807) is 7.11 Å². The molecule has 0 saturated heterocycles. The summed E-state index contributed by atoms with van der Waals surface area (Å²) >= 11 is 0. The molecule has 0 radical (unpaired) electrons. The third kappa shape index (κ3) is 3.69. The summed E-state index contributed by atoms with van der Waals surface area (Å²) in [4.78, 5) is 0. The summed E-state index contributed by atoms with van der Waals surface area (Å²) in [6.45, 7) is 5.07. The fraction of sp³-hybridized carbons (Fsp3) is 0.647. The first kappa shape index (κ1) is 16.1. The lowest BCUT2D eigenvalue weighted by molar-refractivity contribution is -0.0475. The summed E-state index contributed by atoms with van der Waals surface area (Å²) in [7, 11) is 1.74. The first-order valence-corrected chi connectivity index (χ1v) is 7.78. The zero-order valence-corrected chi connectivity index (χ0v) is 13.2. The van der Waals surface area contributed by atoms with Crippen molar-refractivity contribution in [1.29, 1.82) is 0 Å². The van der Waals surface area contributed by atoms with Crippen LogP contribution in [0, 0.1) is 0 Å². The molecule has 1 aromatic rings. The van der Waals surface area contributed by atoms with Crippen molar-refractivity contribution in [2.75, 3.05) is 20.3 Å². The highest BCUT2D eigenvalue weighted by Gasteiger charge is 2.35. The van der Waals surface area contributed by atoms with E-state index in [1.165, 1.54) is 0 Å². The van der Waals surface area contributed by atoms with Gasteiger partial charge >= 0.3 is 0 Å². The number of methoxy groups -OCH3 is 1. The van der Waals surface area contributed by atoms with Gasteiger partial charge in [-0.2, -0.15) is 0 Å². The van der Waals surface area contributed by atoms with Gasteiger partial charge in [0.1, 0.15) is 0 Å². The fourth-order valence-electron chi connectivity index (χ4n) is 2.93. The molecule has 0 atom stereocenters. The molecule has 1 aliphatic carbocycles. The predicted octanol–water partition coefficient (Wildman–Crippen LogP) is 3.26. The molecule has 1 aliphatic rings. The molecular weight excluding hydrogens is 268 g/mol. The van der Waals surface area contributed by atoms with Crippen molar-refractivity contribution in [2.24, 2.45) is 0 Å². The van der Waals surface area contributed by atoms with Gasteiger partial charge in [0.25, 0.3) is 0 Å². The molecule has 0 unspecified atom stereocenters. The number of hydrogen-bond donors (Lipinski definition) is 1. The van der Waals surface area contributed by atoms with Gasteiger partial charge in [-0.3, -0.25) is 0 Å². The molecule has 4 nitrogen and oxygen atoms in total. The largest absolute Gasteiger partial charge is 0.490 e. The standard InChI is InChI=1S/C17H26O4/c1-4-20-15-7-6-13(12-16(15)21-5-2)17(18)10-8-14(19-3)9-11-17/h6-7,12,14,18H,4-5,8-11H2,1-3H3. The molecule has 0 bridgehead atoms. The molecular formula is C17H26O4. The molecule has 0 aliphatic heterocycles. The van der Waals surface area contributed by atoms with Crippen LogP contribution in [0.2, 0.25) is 0 Å². The lowest BCUT2D eigenvalue weighted by atomic mass is 9.78. The molecule has 2 rings (SSSR count). The predicted molar refractivity (Wildman–Crippen MR) is 81.9 cm³/mol. The van der Waals surface area contributed by atoms with Gasteiger partial charge in [-0.15, -0.1) is 0 Å². The van der Waals surface area contributed by atoms with Crippen LogP contribution in [0.25, 0.3) is 0 Å². The topological polar surface area (TPSA) is 47.9 Å². The van der Waals surface area contributed by atoms with Crippen LogP contribution in [-0.2, 0) is 10.3 Å². The fourth-order valence-corrected chi connectivity index (χ4v) is 2.93. The number of benzene rings is 1. The molecule has 118 valence electrons. The maximum absolute atomic E-state index is 10.9. The quantitative estimate of drug-likeness (QED) is 0.875. The van der Waals surface area contributed by atoms with Crippen LogP contribution in [0.5, 0.6) is 11.5 Å². The Balaban J connectivity index is 2.21. The van der Waals surface area contributed by atoms with Gasteiger partial charge in [-0.05, 0) is 57.2 Å². The van der Waals surface area contributed by atoms with E-state index < -0.39 is 5.60 Å². The number of aliphatic hydroxyl groups is 1. The van der Waals surface area contributed by atoms with E-state index in [9.17, 15) is 5.11 Å². The Bertz CT molecular complexity index is 450. The van der Waals surface area contributed by atoms with E-state index in [-0.39, 0.29) is 6.10 Å². The maximum atomic E-state index is 10.9. The van der Waals surface area contributed by atoms with Crippen LogP contribution in [0.1, 0.15) is 45.1 Å². The monoisotopic (exact) mass is 294 g/mol. The number of ether oxygens (including phenoxy) is 3. The van der Waals surface area contributed by atoms with Crippen molar-refractivity contribution >= 4 is 0 Å². The molecule has 1 saturated carbocycles. The minimum atomic E-state index is -0.786. The lowest BCUT2D eigenvalue weighted by Gasteiger charge is -2.36. The van der Waals surface area contributed by atoms with Gasteiger partial charge in [0.15, 0.2) is 11.5 Å². The van der Waals surface area contributed by atoms with E-state index in [2.05, 4.69) is 0 Å². The van der Waals surface area contributed by atoms with Crippen LogP contribution in [0.15, 0.2) is 18.2 Å². The Morgan fingerprint density at radius 2 is 1.71 bits per heavy atom. The Morgan fingerprint density at radius 1 is 1.10 bits per heavy atom. The van der Waals surface area contributed by atoms with E-state index in [1.807, 2.05) is 32.0 Å². The molecule has 4 heteroatoms. The molecule has 0 aromatic heterocycles. The second-order valence-electron chi connectivity index (χ2n) is 5.49. The van der Waals surface area contributed by atoms with E-state index >= 15 is 0 Å². The Labute approximate surface area is 127 Å². The highest BCUT2D eigenvalue weighted by atomic mass is 16.5. The van der Waals surface area contributed by atoms with Crippen molar-refractivity contribution in [3.8, 4) is 11.5 Å². The Hall–Kier alpha value is -1.26. The third-order valence-electron chi connectivity index (χ3n) is 4.17. The Kier molecular flexibility index (Phi) is 5.48. The average Bonchev–Trinajstić information content (AvgIpc) is 2.50. The second kappa shape index (κ2) is 7.14. The van der Waals surface area contributed by atoms with Crippen molar-refractivity contribution in [3.05, 3.63) is 23.8 Å². The number of hydrogen-bond acceptors (Lipinski definition) is 4. The normalized spacial score (nSPS) is 25.6. The maximum Gasteiger partial charge on any atom is 0.161 e. The van der Waals surface area contributed by atoms with Crippen LogP contribution in [-0.4, -0.2) is 31.5 Å². The average molecular weight is 294 g/mol. The van der Waals surface area contributed by atoms with Crippen LogP contribution >= 0.6 is 0 Å². The summed E-state index contributed by atoms with van der Waals surface area (Å²) < 4.78 is 16.6. The third-order valence-corrected chi connectivity index (χ3v) is 4.17. The first-order valence-electron chi connectivity index (χ1n) is 7.78. The minimum Gasteiger partial charge on any atom is -0.490 e. The Morgan fingerprint density at radius 3 is 2.29 bits per heavy atom. The van der Waals surface area contributed by atoms with Crippen LogP contribution in [0.4, 0.5) is 0 Å². The van der Waals surface area contributed by atoms with Gasteiger partial charge in [-0.25, -0.2) is 0 Å². The summed E-state index contributed by atoms with van der Waals surface area (Å²) in [5, 5.41) is 10.9. The van der Waals surface area contributed by atoms with Crippen LogP contribution < -0.4 is 9.47 Å². The molecule has 0 spiro atoms. The highest BCUT2D eigenvalue weighted by Crippen LogP contribution is 2.41. The number of rotatable bonds is 6. The lowest BCUT2D eigenvalue weighted by Crippen LogP contribution is -2.34. The van der Waals surface area contributed by atoms with Crippen molar-refractivity contribution in [3.63, 3.8) is 0 Å². The molecule has 1 fully saturated rings. The molecule has 1 aromatic carbocycles. The molecule has 1 N–H and O–H groups in total. The molecule has 21 heavy (non-hydrogen) atoms. The highest BCUT2D eigenvalue weighted by molar-refractivity contribution is 5.44. The van der Waals surface area contributed by atoms with Crippen LogP contribution in [0.3, 0.4) is 0 Å². The van der Waals surface area contributed by atoms with Gasteiger partial charge in [-0.1, -0.05) is 6.07 Å². The first-order chi connectivity index (χ1) is 10.1. The second-order valence-corrected chi connectivity index (χ2v) is 5.49. The van der Waals surface area contributed by atoms with Crippen molar-refractivity contribution < 1.29 is 19.3 Å². The molecule has 0 amide bonds. The van der Waals surface area contributed by atoms with Gasteiger partial charge in [0.2, 0.25) is 0 Å². The molecule has 0 heterocycles. The van der Waals surface area contributed by atoms with Crippen molar-refractivity contribution in [1.82, 2.24) is 0 Å². The SMILES string of the molecule is CCOc1ccc(C2(O)CCC(OC)CC2)cc1OCC. The summed E-state index contributed by atoms with van der Waals surface area (Å²) in [5.74, 6) is 1.44. The zero-order valence-electron chi connectivity index (χ0n) is 13.2. The van der Waals surface area contributed by atoms with Gasteiger partial charge < -0.3 is 19.3 Å². The van der Waals surface area contributed by atoms with E-state index in [0.29, 0.717) is 31.8 Å². The van der Waals surface area contributed by atoms with Gasteiger partial charge in [0.05, 0.1) is 24.9 Å². The summed E-state index contributed by atoms with van der Waals surface area (Å²) in [6, 6.07) is 5.76. The van der Waals surface area contributed by atoms with E-state index in [0.717, 1.165) is 24.2 Å². The smallest absolute Gasteiger partial charge is 0.161 e. The zero-order chi connectivity index (χ0) is 15.3. The summed E-state index contributed by atoms with van der Waals surface area (Å²) in [5.41, 5.74) is 0.120. The van der Waals surface area contributed by atoms with Crippen molar-refractivity contribution in [2.45, 2.75) is 51.2 Å². The summed E-state index contributed by atoms with van der Waals surface area (Å²) in [6.07, 6.45) is 3.45. The minimum absolute atomic E-state index is 0.263. The van der Waals surface area contributed by atoms with E-state index in [4.69, 9.17) is 14.2 Å².